The van der Waals surface area contributed by atoms with Crippen LogP contribution in [0, 0.1) is 0 Å². The van der Waals surface area contributed by atoms with Gasteiger partial charge in [-0.2, -0.15) is 0 Å². The summed E-state index contributed by atoms with van der Waals surface area (Å²) >= 11 is 1.50. The van der Waals surface area contributed by atoms with Crippen LogP contribution in [0.2, 0.25) is 0 Å². The van der Waals surface area contributed by atoms with E-state index in [9.17, 15) is 4.79 Å². The van der Waals surface area contributed by atoms with Gasteiger partial charge in [0.2, 0.25) is 0 Å². The van der Waals surface area contributed by atoms with Gasteiger partial charge in [0, 0.05) is 18.2 Å². The number of hydrogen-bond acceptors (Lipinski definition) is 5. The van der Waals surface area contributed by atoms with E-state index in [0.717, 1.165) is 10.4 Å². The largest absolute Gasteiger partial charge is 0.496 e. The second-order valence-corrected chi connectivity index (χ2v) is 6.60. The zero-order chi connectivity index (χ0) is 17.1. The summed E-state index contributed by atoms with van der Waals surface area (Å²) in [4.78, 5) is 13.3. The Morgan fingerprint density at radius 3 is 2.42 bits per heavy atom. The molecule has 0 bridgehead atoms. The first-order valence-corrected chi connectivity index (χ1v) is 8.70. The fourth-order valence-electron chi connectivity index (χ4n) is 2.71. The molecule has 1 N–H and O–H groups in total. The fraction of sp³-hybridized carbons (Fsp3) is 0.389. The van der Waals surface area contributed by atoms with E-state index in [0.29, 0.717) is 29.7 Å². The lowest BCUT2D eigenvalue weighted by atomic mass is 10.1. The molecule has 1 saturated carbocycles. The maximum absolute atomic E-state index is 12.5. The first-order valence-electron chi connectivity index (χ1n) is 7.82. The van der Waals surface area contributed by atoms with Crippen LogP contribution in [0.1, 0.15) is 39.6 Å². The van der Waals surface area contributed by atoms with E-state index in [-0.39, 0.29) is 5.91 Å². The van der Waals surface area contributed by atoms with Gasteiger partial charge in [0.15, 0.2) is 11.5 Å². The molecule has 2 aromatic rings. The molecule has 1 heterocycles. The summed E-state index contributed by atoms with van der Waals surface area (Å²) in [6.07, 6.45) is 2.36. The number of hydrogen-bond donors (Lipinski definition) is 1. The van der Waals surface area contributed by atoms with Crippen LogP contribution in [0.5, 0.6) is 17.2 Å². The van der Waals surface area contributed by atoms with Crippen molar-refractivity contribution >= 4 is 17.2 Å². The number of rotatable bonds is 7. The van der Waals surface area contributed by atoms with E-state index >= 15 is 0 Å². The minimum absolute atomic E-state index is 0.0382. The monoisotopic (exact) mass is 347 g/mol. The third-order valence-corrected chi connectivity index (χ3v) is 5.07. The summed E-state index contributed by atoms with van der Waals surface area (Å²) in [5.74, 6) is 2.38. The molecule has 6 heteroatoms. The van der Waals surface area contributed by atoms with Gasteiger partial charge in [-0.05, 0) is 41.8 Å². The third kappa shape index (κ3) is 3.33. The van der Waals surface area contributed by atoms with E-state index in [1.54, 1.807) is 27.4 Å². The zero-order valence-electron chi connectivity index (χ0n) is 14.0. The van der Waals surface area contributed by atoms with Crippen molar-refractivity contribution in [1.82, 2.24) is 5.32 Å². The quantitative estimate of drug-likeness (QED) is 0.832. The van der Waals surface area contributed by atoms with Crippen LogP contribution >= 0.6 is 11.3 Å². The average Bonchev–Trinajstić information content (AvgIpc) is 3.35. The lowest BCUT2D eigenvalue weighted by Crippen LogP contribution is -2.23. The van der Waals surface area contributed by atoms with Crippen LogP contribution in [-0.4, -0.2) is 27.2 Å². The Labute approximate surface area is 145 Å². The Balaban J connectivity index is 1.75. The van der Waals surface area contributed by atoms with Crippen molar-refractivity contribution in [3.8, 4) is 17.2 Å². The maximum atomic E-state index is 12.5. The molecule has 1 fully saturated rings. The predicted octanol–water partition coefficient (Wildman–Crippen LogP) is 3.58. The Hall–Kier alpha value is -2.21. The number of ether oxygens (including phenoxy) is 3. The summed E-state index contributed by atoms with van der Waals surface area (Å²) in [7, 11) is 4.76. The van der Waals surface area contributed by atoms with Gasteiger partial charge in [-0.3, -0.25) is 4.79 Å². The number of thiophene rings is 1. The highest BCUT2D eigenvalue weighted by atomic mass is 32.1. The maximum Gasteiger partial charge on any atom is 0.261 e. The molecule has 1 aliphatic rings. The number of nitrogens with one attached hydrogen (secondary N) is 1. The topological polar surface area (TPSA) is 56.8 Å². The van der Waals surface area contributed by atoms with Gasteiger partial charge in [0.25, 0.3) is 5.91 Å². The molecule has 5 nitrogen and oxygen atoms in total. The Morgan fingerprint density at radius 2 is 1.79 bits per heavy atom. The molecule has 24 heavy (non-hydrogen) atoms. The van der Waals surface area contributed by atoms with Crippen LogP contribution < -0.4 is 19.5 Å². The lowest BCUT2D eigenvalue weighted by molar-refractivity contribution is 0.0954. The van der Waals surface area contributed by atoms with Gasteiger partial charge < -0.3 is 19.5 Å². The van der Waals surface area contributed by atoms with Gasteiger partial charge in [-0.25, -0.2) is 0 Å². The van der Waals surface area contributed by atoms with Crippen LogP contribution in [0.15, 0.2) is 23.6 Å². The van der Waals surface area contributed by atoms with Crippen LogP contribution in [-0.2, 0) is 6.54 Å². The average molecular weight is 347 g/mol. The van der Waals surface area contributed by atoms with Crippen molar-refractivity contribution < 1.29 is 19.0 Å². The smallest absolute Gasteiger partial charge is 0.261 e. The van der Waals surface area contributed by atoms with Gasteiger partial charge >= 0.3 is 0 Å². The molecule has 0 saturated heterocycles. The standard InChI is InChI=1S/C18H21NO4S/c1-21-14-9-16(23-3)15(22-2)8-12(14)10-19-18(20)17-13(6-7-24-17)11-4-5-11/h6-9,11H,4-5,10H2,1-3H3,(H,19,20). The van der Waals surface area contributed by atoms with Crippen molar-refractivity contribution in [3.63, 3.8) is 0 Å². The third-order valence-electron chi connectivity index (χ3n) is 4.15. The summed E-state index contributed by atoms with van der Waals surface area (Å²) in [5, 5.41) is 4.97. The molecule has 0 spiro atoms. The summed E-state index contributed by atoms with van der Waals surface area (Å²) in [6.45, 7) is 0.365. The molecule has 1 aromatic heterocycles. The van der Waals surface area contributed by atoms with Gasteiger partial charge in [0.1, 0.15) is 5.75 Å². The molecule has 1 aromatic carbocycles. The summed E-state index contributed by atoms with van der Waals surface area (Å²) in [5.41, 5.74) is 2.02. The second-order valence-electron chi connectivity index (χ2n) is 5.68. The van der Waals surface area contributed by atoms with E-state index in [4.69, 9.17) is 14.2 Å². The first-order chi connectivity index (χ1) is 11.7. The zero-order valence-corrected chi connectivity index (χ0v) is 14.9. The fourth-order valence-corrected chi connectivity index (χ4v) is 3.61. The van der Waals surface area contributed by atoms with Crippen LogP contribution in [0.25, 0.3) is 0 Å². The number of carbonyl (C=O) groups is 1. The SMILES string of the molecule is COc1cc(OC)c(OC)cc1CNC(=O)c1sccc1C1CC1. The minimum Gasteiger partial charge on any atom is -0.496 e. The summed E-state index contributed by atoms with van der Waals surface area (Å²) < 4.78 is 16.0. The van der Waals surface area contributed by atoms with E-state index in [2.05, 4.69) is 11.4 Å². The van der Waals surface area contributed by atoms with Gasteiger partial charge in [0.05, 0.1) is 26.2 Å². The van der Waals surface area contributed by atoms with Crippen LogP contribution in [0.4, 0.5) is 0 Å². The summed E-state index contributed by atoms with van der Waals surface area (Å²) in [6, 6.07) is 5.66. The van der Waals surface area contributed by atoms with Crippen LogP contribution in [0.3, 0.4) is 0 Å². The number of benzene rings is 1. The Bertz CT molecular complexity index is 737. The molecule has 0 aliphatic heterocycles. The second kappa shape index (κ2) is 7.13. The highest BCUT2D eigenvalue weighted by Crippen LogP contribution is 2.43. The molecule has 128 valence electrons. The predicted molar refractivity (Wildman–Crippen MR) is 93.6 cm³/mol. The van der Waals surface area contributed by atoms with Gasteiger partial charge in [-0.15, -0.1) is 11.3 Å². The number of carbonyl (C=O) groups excluding carboxylic acids is 1. The minimum atomic E-state index is -0.0382. The highest BCUT2D eigenvalue weighted by Gasteiger charge is 2.28. The van der Waals surface area contributed by atoms with E-state index in [1.165, 1.54) is 29.7 Å². The van der Waals surface area contributed by atoms with Gasteiger partial charge in [-0.1, -0.05) is 0 Å². The Kier molecular flexibility index (Phi) is 4.94. The normalized spacial score (nSPS) is 13.5. The molecule has 0 radical (unpaired) electrons. The van der Waals surface area contributed by atoms with E-state index in [1.807, 2.05) is 11.4 Å². The highest BCUT2D eigenvalue weighted by molar-refractivity contribution is 7.12. The van der Waals surface area contributed by atoms with Crippen molar-refractivity contribution in [2.45, 2.75) is 25.3 Å². The molecule has 3 rings (SSSR count). The van der Waals surface area contributed by atoms with Crippen molar-refractivity contribution in [2.24, 2.45) is 0 Å². The van der Waals surface area contributed by atoms with E-state index < -0.39 is 0 Å². The Morgan fingerprint density at radius 1 is 1.12 bits per heavy atom. The van der Waals surface area contributed by atoms with Crippen molar-refractivity contribution in [3.05, 3.63) is 39.6 Å². The molecular weight excluding hydrogens is 326 g/mol. The number of methoxy groups -OCH3 is 3. The lowest BCUT2D eigenvalue weighted by Gasteiger charge is -2.14. The molecular formula is C18H21NO4S. The van der Waals surface area contributed by atoms with Crippen molar-refractivity contribution in [1.29, 1.82) is 0 Å². The first kappa shape index (κ1) is 16.6. The molecule has 1 amide bonds. The molecule has 1 aliphatic carbocycles. The molecule has 0 unspecified atom stereocenters. The molecule has 0 atom stereocenters. The van der Waals surface area contributed by atoms with Crippen molar-refractivity contribution in [2.75, 3.05) is 21.3 Å². The number of amides is 1.